The van der Waals surface area contributed by atoms with Crippen LogP contribution in [-0.2, 0) is 6.54 Å². The lowest BCUT2D eigenvalue weighted by Gasteiger charge is -2.11. The van der Waals surface area contributed by atoms with Crippen molar-refractivity contribution in [1.82, 2.24) is 4.98 Å². The lowest BCUT2D eigenvalue weighted by Crippen LogP contribution is -2.04. The second kappa shape index (κ2) is 5.79. The second-order valence-electron chi connectivity index (χ2n) is 3.86. The van der Waals surface area contributed by atoms with Gasteiger partial charge in [0.1, 0.15) is 0 Å². The Hall–Kier alpha value is -0.960. The molecule has 94 valence electrons. The van der Waals surface area contributed by atoms with E-state index in [4.69, 9.17) is 34.8 Å². The number of benzene rings is 1. The molecule has 18 heavy (non-hydrogen) atoms. The van der Waals surface area contributed by atoms with E-state index in [0.29, 0.717) is 27.3 Å². The molecule has 1 heterocycles. The average molecular weight is 302 g/mol. The zero-order valence-electron chi connectivity index (χ0n) is 9.67. The van der Waals surface area contributed by atoms with Gasteiger partial charge in [-0.05, 0) is 30.7 Å². The molecule has 0 spiro atoms. The summed E-state index contributed by atoms with van der Waals surface area (Å²) >= 11 is 18.0. The number of pyridine rings is 1. The summed E-state index contributed by atoms with van der Waals surface area (Å²) in [5, 5.41) is 4.70. The molecule has 2 aromatic rings. The Morgan fingerprint density at radius 1 is 1.17 bits per heavy atom. The van der Waals surface area contributed by atoms with Gasteiger partial charge in [-0.1, -0.05) is 40.9 Å². The quantitative estimate of drug-likeness (QED) is 0.866. The monoisotopic (exact) mass is 300 g/mol. The Labute approximate surface area is 121 Å². The fraction of sp³-hybridized carbons (Fsp3) is 0.154. The predicted molar refractivity (Wildman–Crippen MR) is 77.8 cm³/mol. The summed E-state index contributed by atoms with van der Waals surface area (Å²) in [6.45, 7) is 2.57. The van der Waals surface area contributed by atoms with E-state index < -0.39 is 0 Å². The first kappa shape index (κ1) is 13.5. The number of aromatic nitrogens is 1. The van der Waals surface area contributed by atoms with Crippen molar-refractivity contribution < 1.29 is 0 Å². The zero-order valence-corrected chi connectivity index (χ0v) is 11.9. The van der Waals surface area contributed by atoms with Crippen molar-refractivity contribution in [2.75, 3.05) is 5.32 Å². The number of nitrogens with zero attached hydrogens (tertiary/aromatic N) is 1. The van der Waals surface area contributed by atoms with Crippen LogP contribution in [0.2, 0.25) is 15.1 Å². The molecule has 0 saturated heterocycles. The highest BCUT2D eigenvalue weighted by molar-refractivity contribution is 6.41. The van der Waals surface area contributed by atoms with Crippen LogP contribution in [0.15, 0.2) is 30.5 Å². The number of hydrogen-bond donors (Lipinski definition) is 1. The van der Waals surface area contributed by atoms with E-state index in [1.165, 1.54) is 0 Å². The van der Waals surface area contributed by atoms with Gasteiger partial charge in [-0.15, -0.1) is 0 Å². The fourth-order valence-electron chi connectivity index (χ4n) is 1.59. The minimum absolute atomic E-state index is 0.501. The summed E-state index contributed by atoms with van der Waals surface area (Å²) in [5.74, 6) is 0. The summed E-state index contributed by atoms with van der Waals surface area (Å²) < 4.78 is 0. The van der Waals surface area contributed by atoms with Crippen LogP contribution < -0.4 is 5.32 Å². The predicted octanol–water partition coefficient (Wildman–Crippen LogP) is 4.96. The molecule has 1 aromatic heterocycles. The maximum atomic E-state index is 6.09. The number of halogens is 3. The van der Waals surface area contributed by atoms with Gasteiger partial charge >= 0.3 is 0 Å². The molecule has 0 fully saturated rings. The summed E-state index contributed by atoms with van der Waals surface area (Å²) in [4.78, 5) is 4.30. The van der Waals surface area contributed by atoms with Crippen LogP contribution in [0.5, 0.6) is 0 Å². The van der Waals surface area contributed by atoms with Crippen molar-refractivity contribution in [3.63, 3.8) is 0 Å². The Kier molecular flexibility index (Phi) is 4.33. The molecule has 0 bridgehead atoms. The van der Waals surface area contributed by atoms with Gasteiger partial charge in [0.25, 0.3) is 0 Å². The van der Waals surface area contributed by atoms with Gasteiger partial charge in [0.15, 0.2) is 0 Å². The lowest BCUT2D eigenvalue weighted by atomic mass is 10.2. The van der Waals surface area contributed by atoms with Crippen LogP contribution in [0.4, 0.5) is 5.69 Å². The molecule has 2 nitrogen and oxygen atoms in total. The van der Waals surface area contributed by atoms with Crippen molar-refractivity contribution in [2.45, 2.75) is 13.5 Å². The molecule has 5 heteroatoms. The molecule has 1 N–H and O–H groups in total. The number of anilines is 1. The van der Waals surface area contributed by atoms with E-state index in [-0.39, 0.29) is 0 Å². The Bertz CT molecular complexity index is 547. The van der Waals surface area contributed by atoms with Crippen LogP contribution in [0.1, 0.15) is 11.3 Å². The first-order chi connectivity index (χ1) is 8.58. The molecule has 2 rings (SSSR count). The standard InChI is InChI=1S/C13H11Cl3N2/c1-8-3-2-4-17-12(8)7-18-13-10(15)5-9(14)6-11(13)16/h2-6,18H,7H2,1H3. The van der Waals surface area contributed by atoms with Crippen LogP contribution in [0, 0.1) is 6.92 Å². The average Bonchev–Trinajstić information content (AvgIpc) is 2.30. The van der Waals surface area contributed by atoms with Gasteiger partial charge in [0, 0.05) is 11.2 Å². The topological polar surface area (TPSA) is 24.9 Å². The fourth-order valence-corrected chi connectivity index (χ4v) is 2.54. The van der Waals surface area contributed by atoms with Crippen LogP contribution in [0.3, 0.4) is 0 Å². The molecule has 0 radical (unpaired) electrons. The van der Waals surface area contributed by atoms with E-state index in [0.717, 1.165) is 11.3 Å². The minimum atomic E-state index is 0.501. The summed E-state index contributed by atoms with van der Waals surface area (Å²) in [7, 11) is 0. The van der Waals surface area contributed by atoms with Crippen molar-refractivity contribution >= 4 is 40.5 Å². The lowest BCUT2D eigenvalue weighted by molar-refractivity contribution is 1.02. The first-order valence-electron chi connectivity index (χ1n) is 5.37. The van der Waals surface area contributed by atoms with E-state index in [1.54, 1.807) is 18.3 Å². The third-order valence-corrected chi connectivity index (χ3v) is 3.37. The molecular weight excluding hydrogens is 291 g/mol. The Morgan fingerprint density at radius 3 is 2.44 bits per heavy atom. The normalized spacial score (nSPS) is 10.4. The van der Waals surface area contributed by atoms with Gasteiger partial charge in [-0.3, -0.25) is 4.98 Å². The molecule has 1 aromatic carbocycles. The molecule has 0 aliphatic heterocycles. The zero-order chi connectivity index (χ0) is 13.1. The van der Waals surface area contributed by atoms with Crippen molar-refractivity contribution in [2.24, 2.45) is 0 Å². The Balaban J connectivity index is 2.19. The van der Waals surface area contributed by atoms with Crippen LogP contribution in [0.25, 0.3) is 0 Å². The van der Waals surface area contributed by atoms with E-state index in [9.17, 15) is 0 Å². The maximum absolute atomic E-state index is 6.09. The molecule has 0 atom stereocenters. The number of hydrogen-bond acceptors (Lipinski definition) is 2. The largest absolute Gasteiger partial charge is 0.377 e. The third kappa shape index (κ3) is 3.08. The van der Waals surface area contributed by atoms with Gasteiger partial charge in [-0.25, -0.2) is 0 Å². The summed E-state index contributed by atoms with van der Waals surface area (Å²) in [5.41, 5.74) is 2.75. The smallest absolute Gasteiger partial charge is 0.0723 e. The molecule has 0 amide bonds. The SMILES string of the molecule is Cc1cccnc1CNc1c(Cl)cc(Cl)cc1Cl. The van der Waals surface area contributed by atoms with E-state index >= 15 is 0 Å². The third-order valence-electron chi connectivity index (χ3n) is 2.56. The van der Waals surface area contributed by atoms with Crippen molar-refractivity contribution in [1.29, 1.82) is 0 Å². The highest BCUT2D eigenvalue weighted by Crippen LogP contribution is 2.33. The van der Waals surface area contributed by atoms with Crippen molar-refractivity contribution in [3.05, 3.63) is 56.8 Å². The number of nitrogens with one attached hydrogen (secondary N) is 1. The van der Waals surface area contributed by atoms with E-state index in [2.05, 4.69) is 10.3 Å². The van der Waals surface area contributed by atoms with Crippen molar-refractivity contribution in [3.8, 4) is 0 Å². The molecular formula is C13H11Cl3N2. The minimum Gasteiger partial charge on any atom is -0.377 e. The van der Waals surface area contributed by atoms with Gasteiger partial charge < -0.3 is 5.32 Å². The first-order valence-corrected chi connectivity index (χ1v) is 6.50. The number of aryl methyl sites for hydroxylation is 1. The summed E-state index contributed by atoms with van der Waals surface area (Å²) in [6, 6.07) is 7.22. The highest BCUT2D eigenvalue weighted by atomic mass is 35.5. The number of rotatable bonds is 3. The van der Waals surface area contributed by atoms with Crippen LogP contribution in [-0.4, -0.2) is 4.98 Å². The van der Waals surface area contributed by atoms with Gasteiger partial charge in [-0.2, -0.15) is 0 Å². The van der Waals surface area contributed by atoms with Crippen LogP contribution >= 0.6 is 34.8 Å². The Morgan fingerprint density at radius 2 is 1.83 bits per heavy atom. The van der Waals surface area contributed by atoms with E-state index in [1.807, 2.05) is 19.1 Å². The maximum Gasteiger partial charge on any atom is 0.0723 e. The highest BCUT2D eigenvalue weighted by Gasteiger charge is 2.08. The molecule has 0 aliphatic rings. The molecule has 0 aliphatic carbocycles. The second-order valence-corrected chi connectivity index (χ2v) is 5.12. The molecule has 0 unspecified atom stereocenters. The van der Waals surface area contributed by atoms with Gasteiger partial charge in [0.2, 0.25) is 0 Å². The molecule has 0 saturated carbocycles. The summed E-state index contributed by atoms with van der Waals surface area (Å²) in [6.07, 6.45) is 1.76. The van der Waals surface area contributed by atoms with Gasteiger partial charge in [0.05, 0.1) is 28.0 Å².